The number of rotatable bonds is 6. The summed E-state index contributed by atoms with van der Waals surface area (Å²) in [5, 5.41) is 8.05. The van der Waals surface area contributed by atoms with Gasteiger partial charge in [-0.25, -0.2) is 4.79 Å². The summed E-state index contributed by atoms with van der Waals surface area (Å²) in [4.78, 5) is 23.9. The second-order valence-electron chi connectivity index (χ2n) is 5.26. The van der Waals surface area contributed by atoms with Gasteiger partial charge in [0, 0.05) is 12.2 Å². The van der Waals surface area contributed by atoms with Crippen LogP contribution in [-0.4, -0.2) is 25.1 Å². The predicted octanol–water partition coefficient (Wildman–Crippen LogP) is 2.52. The average Bonchev–Trinajstić information content (AvgIpc) is 2.60. The molecular formula is C18H21N3O3. The van der Waals surface area contributed by atoms with Gasteiger partial charge in [0.05, 0.1) is 7.11 Å². The third-order valence-corrected chi connectivity index (χ3v) is 3.37. The molecule has 6 heteroatoms. The van der Waals surface area contributed by atoms with E-state index in [1.54, 1.807) is 26.2 Å². The van der Waals surface area contributed by atoms with Crippen molar-refractivity contribution in [3.63, 3.8) is 0 Å². The number of carbonyl (C=O) groups is 2. The Labute approximate surface area is 141 Å². The molecule has 126 valence electrons. The van der Waals surface area contributed by atoms with Crippen LogP contribution in [0, 0.1) is 0 Å². The lowest BCUT2D eigenvalue weighted by Crippen LogP contribution is -2.46. The highest BCUT2D eigenvalue weighted by molar-refractivity contribution is 5.93. The second-order valence-corrected chi connectivity index (χ2v) is 5.26. The summed E-state index contributed by atoms with van der Waals surface area (Å²) in [5.74, 6) is 0.469. The Morgan fingerprint density at radius 3 is 2.54 bits per heavy atom. The lowest BCUT2D eigenvalue weighted by molar-refractivity contribution is -0.122. The maximum absolute atomic E-state index is 12.1. The molecule has 0 aliphatic carbocycles. The van der Waals surface area contributed by atoms with Gasteiger partial charge in [0.25, 0.3) is 0 Å². The van der Waals surface area contributed by atoms with E-state index in [9.17, 15) is 9.59 Å². The van der Waals surface area contributed by atoms with Crippen LogP contribution in [0.15, 0.2) is 54.6 Å². The zero-order chi connectivity index (χ0) is 17.4. The van der Waals surface area contributed by atoms with Gasteiger partial charge < -0.3 is 20.7 Å². The third kappa shape index (κ3) is 5.31. The van der Waals surface area contributed by atoms with E-state index in [-0.39, 0.29) is 5.91 Å². The summed E-state index contributed by atoms with van der Waals surface area (Å²) >= 11 is 0. The van der Waals surface area contributed by atoms with E-state index in [2.05, 4.69) is 16.0 Å². The highest BCUT2D eigenvalue weighted by atomic mass is 16.5. The predicted molar refractivity (Wildman–Crippen MR) is 92.9 cm³/mol. The number of nitrogens with one attached hydrogen (secondary N) is 3. The van der Waals surface area contributed by atoms with Crippen LogP contribution < -0.4 is 20.7 Å². The first-order chi connectivity index (χ1) is 11.6. The van der Waals surface area contributed by atoms with Crippen LogP contribution in [0.25, 0.3) is 0 Å². The molecule has 3 amide bonds. The van der Waals surface area contributed by atoms with Crippen molar-refractivity contribution in [3.05, 3.63) is 60.2 Å². The molecule has 6 nitrogen and oxygen atoms in total. The van der Waals surface area contributed by atoms with Crippen LogP contribution in [-0.2, 0) is 11.3 Å². The highest BCUT2D eigenvalue weighted by Gasteiger charge is 2.15. The standard InChI is InChI=1S/C18H21N3O3/c1-13(20-18(23)21-15-8-4-3-5-9-15)17(22)19-12-14-7-6-10-16(11-14)24-2/h3-11,13H,12H2,1-2H3,(H,19,22)(H2,20,21,23). The van der Waals surface area contributed by atoms with Crippen LogP contribution in [0.3, 0.4) is 0 Å². The SMILES string of the molecule is COc1cccc(CNC(=O)C(C)NC(=O)Nc2ccccc2)c1. The third-order valence-electron chi connectivity index (χ3n) is 3.37. The van der Waals surface area contributed by atoms with Gasteiger partial charge in [0.2, 0.25) is 5.91 Å². The lowest BCUT2D eigenvalue weighted by Gasteiger charge is -2.15. The molecule has 0 saturated heterocycles. The smallest absolute Gasteiger partial charge is 0.319 e. The molecule has 0 bridgehead atoms. The van der Waals surface area contributed by atoms with Gasteiger partial charge in [0.15, 0.2) is 0 Å². The van der Waals surface area contributed by atoms with E-state index in [1.165, 1.54) is 0 Å². The Morgan fingerprint density at radius 1 is 1.08 bits per heavy atom. The van der Waals surface area contributed by atoms with Crippen molar-refractivity contribution in [2.24, 2.45) is 0 Å². The topological polar surface area (TPSA) is 79.5 Å². The molecule has 3 N–H and O–H groups in total. The average molecular weight is 327 g/mol. The number of para-hydroxylation sites is 1. The number of amides is 3. The van der Waals surface area contributed by atoms with Crippen LogP contribution in [0.1, 0.15) is 12.5 Å². The Morgan fingerprint density at radius 2 is 1.83 bits per heavy atom. The number of carbonyl (C=O) groups excluding carboxylic acids is 2. The Bertz CT molecular complexity index is 689. The largest absolute Gasteiger partial charge is 0.497 e. The first kappa shape index (κ1) is 17.3. The molecule has 0 heterocycles. The molecule has 2 aromatic rings. The molecule has 1 atom stereocenters. The Kier molecular flexibility index (Phi) is 6.19. The summed E-state index contributed by atoms with van der Waals surface area (Å²) in [5.41, 5.74) is 1.59. The zero-order valence-electron chi connectivity index (χ0n) is 13.7. The van der Waals surface area contributed by atoms with E-state index in [0.29, 0.717) is 12.2 Å². The van der Waals surface area contributed by atoms with Crippen molar-refractivity contribution in [2.75, 3.05) is 12.4 Å². The number of hydrogen-bond donors (Lipinski definition) is 3. The molecule has 2 rings (SSSR count). The number of methoxy groups -OCH3 is 1. The first-order valence-corrected chi connectivity index (χ1v) is 7.61. The van der Waals surface area contributed by atoms with Gasteiger partial charge in [-0.2, -0.15) is 0 Å². The molecule has 0 fully saturated rings. The van der Waals surface area contributed by atoms with E-state index < -0.39 is 12.1 Å². The fraction of sp³-hybridized carbons (Fsp3) is 0.222. The van der Waals surface area contributed by atoms with E-state index in [1.807, 2.05) is 42.5 Å². The van der Waals surface area contributed by atoms with Gasteiger partial charge in [-0.1, -0.05) is 30.3 Å². The highest BCUT2D eigenvalue weighted by Crippen LogP contribution is 2.12. The van der Waals surface area contributed by atoms with Gasteiger partial charge in [-0.3, -0.25) is 4.79 Å². The maximum Gasteiger partial charge on any atom is 0.319 e. The van der Waals surface area contributed by atoms with Crippen LogP contribution in [0.5, 0.6) is 5.75 Å². The molecule has 0 aliphatic heterocycles. The van der Waals surface area contributed by atoms with Crippen LogP contribution in [0.4, 0.5) is 10.5 Å². The summed E-state index contributed by atoms with van der Waals surface area (Å²) in [6.45, 7) is 1.99. The summed E-state index contributed by atoms with van der Waals surface area (Å²) in [6, 6.07) is 15.4. The monoisotopic (exact) mass is 327 g/mol. The number of anilines is 1. The molecule has 0 radical (unpaired) electrons. The number of hydrogen-bond acceptors (Lipinski definition) is 3. The lowest BCUT2D eigenvalue weighted by atomic mass is 10.2. The Balaban J connectivity index is 1.80. The van der Waals surface area contributed by atoms with Gasteiger partial charge >= 0.3 is 6.03 Å². The van der Waals surface area contributed by atoms with Crippen LogP contribution >= 0.6 is 0 Å². The Hall–Kier alpha value is -3.02. The second kappa shape index (κ2) is 8.57. The minimum Gasteiger partial charge on any atom is -0.497 e. The number of ether oxygens (including phenoxy) is 1. The molecule has 1 unspecified atom stereocenters. The molecule has 0 spiro atoms. The minimum atomic E-state index is -0.653. The van der Waals surface area contributed by atoms with Crippen molar-refractivity contribution in [1.82, 2.24) is 10.6 Å². The quantitative estimate of drug-likeness (QED) is 0.763. The fourth-order valence-corrected chi connectivity index (χ4v) is 2.08. The maximum atomic E-state index is 12.1. The number of urea groups is 1. The van der Waals surface area contributed by atoms with Crippen molar-refractivity contribution in [1.29, 1.82) is 0 Å². The molecule has 0 aromatic heterocycles. The summed E-state index contributed by atoms with van der Waals surface area (Å²) in [7, 11) is 1.59. The zero-order valence-corrected chi connectivity index (χ0v) is 13.7. The van der Waals surface area contributed by atoms with Gasteiger partial charge in [-0.05, 0) is 36.8 Å². The first-order valence-electron chi connectivity index (χ1n) is 7.61. The molecule has 24 heavy (non-hydrogen) atoms. The van der Waals surface area contributed by atoms with E-state index in [0.717, 1.165) is 11.3 Å². The molecule has 2 aromatic carbocycles. The van der Waals surface area contributed by atoms with Crippen molar-refractivity contribution in [3.8, 4) is 5.75 Å². The van der Waals surface area contributed by atoms with E-state index in [4.69, 9.17) is 4.74 Å². The van der Waals surface area contributed by atoms with Crippen molar-refractivity contribution < 1.29 is 14.3 Å². The summed E-state index contributed by atoms with van der Waals surface area (Å²) < 4.78 is 5.14. The van der Waals surface area contributed by atoms with Crippen molar-refractivity contribution in [2.45, 2.75) is 19.5 Å². The van der Waals surface area contributed by atoms with E-state index >= 15 is 0 Å². The molecule has 0 aliphatic rings. The minimum absolute atomic E-state index is 0.263. The normalized spacial score (nSPS) is 11.2. The molecular weight excluding hydrogens is 306 g/mol. The van der Waals surface area contributed by atoms with Crippen molar-refractivity contribution >= 4 is 17.6 Å². The van der Waals surface area contributed by atoms with Gasteiger partial charge in [-0.15, -0.1) is 0 Å². The fourth-order valence-electron chi connectivity index (χ4n) is 2.08. The summed E-state index contributed by atoms with van der Waals surface area (Å²) in [6.07, 6.45) is 0. The van der Waals surface area contributed by atoms with Crippen LogP contribution in [0.2, 0.25) is 0 Å². The molecule has 0 saturated carbocycles. The number of benzene rings is 2. The van der Waals surface area contributed by atoms with Gasteiger partial charge in [0.1, 0.15) is 11.8 Å².